The first-order chi connectivity index (χ1) is 11.7. The molecule has 3 atom stereocenters. The molecule has 0 bridgehead atoms. The fraction of sp³-hybridized carbons (Fsp3) is 0.810. The Kier molecular flexibility index (Phi) is 11.1. The third-order valence-corrected chi connectivity index (χ3v) is 5.45. The van der Waals surface area contributed by atoms with Gasteiger partial charge in [0, 0.05) is 13.3 Å². The lowest BCUT2D eigenvalue weighted by molar-refractivity contribution is -0.942. The van der Waals surface area contributed by atoms with Gasteiger partial charge in [-0.1, -0.05) is 57.6 Å². The zero-order chi connectivity index (χ0) is 17.7. The fourth-order valence-corrected chi connectivity index (χ4v) is 3.70. The normalized spacial score (nSPS) is 24.6. The number of unbranched alkanes of at least 4 members (excludes halogenated alkanes) is 8. The summed E-state index contributed by atoms with van der Waals surface area (Å²) in [6.45, 7) is 7.26. The molecule has 3 unspecified atom stereocenters. The Hall–Kier alpha value is -0.800. The van der Waals surface area contributed by atoms with Crippen LogP contribution < -0.4 is 5.32 Å². The van der Waals surface area contributed by atoms with E-state index in [0.29, 0.717) is 10.6 Å². The summed E-state index contributed by atoms with van der Waals surface area (Å²) >= 11 is 0. The van der Waals surface area contributed by atoms with Gasteiger partial charge >= 0.3 is 0 Å². The number of nitrogens with zero attached hydrogens (tertiary/aromatic N) is 1. The highest BCUT2D eigenvalue weighted by atomic mass is 16.3. The Morgan fingerprint density at radius 2 is 1.62 bits per heavy atom. The summed E-state index contributed by atoms with van der Waals surface area (Å²) in [5.41, 5.74) is 0. The van der Waals surface area contributed by atoms with Crippen LogP contribution >= 0.6 is 0 Å². The van der Waals surface area contributed by atoms with Crippen LogP contribution in [0.3, 0.4) is 0 Å². The standard InChI is InChI=1S/C21H41N2O/c1-4-6-7-8-9-10-11-12-13-14-15-16-17-21-22-18-19-23(21,5-2)20(3)24/h8-9,18-22,24H,4-7,10-17H2,1-3H3/q+1/b9-8+. The molecule has 0 saturated carbocycles. The zero-order valence-corrected chi connectivity index (χ0v) is 16.3. The Morgan fingerprint density at radius 1 is 1.00 bits per heavy atom. The number of aliphatic hydroxyl groups excluding tert-OH is 1. The molecule has 1 heterocycles. The summed E-state index contributed by atoms with van der Waals surface area (Å²) in [6, 6.07) is 0. The first kappa shape index (κ1) is 21.2. The van der Waals surface area contributed by atoms with Gasteiger partial charge in [-0.3, -0.25) is 4.48 Å². The Bertz CT molecular complexity index is 365. The molecule has 0 saturated heterocycles. The highest BCUT2D eigenvalue weighted by molar-refractivity contribution is 4.84. The van der Waals surface area contributed by atoms with Crippen molar-refractivity contribution in [3.8, 4) is 0 Å². The SMILES string of the molecule is CCCC/C=C/CCCCCCCCC1NC=C[N+]1(CC)C(C)O. The van der Waals surface area contributed by atoms with Crippen LogP contribution in [0.15, 0.2) is 24.6 Å². The number of rotatable bonds is 14. The molecule has 0 aromatic rings. The topological polar surface area (TPSA) is 32.3 Å². The maximum absolute atomic E-state index is 10.1. The van der Waals surface area contributed by atoms with Crippen LogP contribution in [0.2, 0.25) is 0 Å². The Morgan fingerprint density at radius 3 is 2.25 bits per heavy atom. The average molecular weight is 338 g/mol. The molecule has 0 aromatic heterocycles. The molecule has 1 aliphatic heterocycles. The largest absolute Gasteiger partial charge is 0.345 e. The van der Waals surface area contributed by atoms with E-state index in [1.54, 1.807) is 0 Å². The van der Waals surface area contributed by atoms with Crippen molar-refractivity contribution in [1.82, 2.24) is 5.32 Å². The first-order valence-corrected chi connectivity index (χ1v) is 10.3. The minimum Gasteiger partial charge on any atom is -0.345 e. The second-order valence-corrected chi connectivity index (χ2v) is 7.25. The molecule has 0 fully saturated rings. The van der Waals surface area contributed by atoms with Crippen molar-refractivity contribution in [1.29, 1.82) is 0 Å². The van der Waals surface area contributed by atoms with E-state index in [2.05, 4.69) is 37.5 Å². The number of aliphatic hydroxyl groups is 1. The predicted octanol–water partition coefficient (Wildman–Crippen LogP) is 5.43. The van der Waals surface area contributed by atoms with Crippen LogP contribution in [-0.4, -0.2) is 28.5 Å². The van der Waals surface area contributed by atoms with Gasteiger partial charge in [0.15, 0.2) is 12.4 Å². The van der Waals surface area contributed by atoms with Gasteiger partial charge in [-0.2, -0.15) is 0 Å². The van der Waals surface area contributed by atoms with E-state index in [4.69, 9.17) is 0 Å². The second kappa shape index (κ2) is 12.5. The smallest absolute Gasteiger partial charge is 0.193 e. The molecule has 0 aromatic carbocycles. The van der Waals surface area contributed by atoms with E-state index in [0.717, 1.165) is 13.0 Å². The van der Waals surface area contributed by atoms with Crippen molar-refractivity contribution in [2.75, 3.05) is 6.54 Å². The van der Waals surface area contributed by atoms with Crippen molar-refractivity contribution in [3.63, 3.8) is 0 Å². The molecule has 1 rings (SSSR count). The maximum Gasteiger partial charge on any atom is 0.193 e. The van der Waals surface area contributed by atoms with Crippen molar-refractivity contribution >= 4 is 0 Å². The lowest BCUT2D eigenvalue weighted by atomic mass is 10.1. The lowest BCUT2D eigenvalue weighted by Crippen LogP contribution is -2.57. The van der Waals surface area contributed by atoms with Gasteiger partial charge in [0.05, 0.1) is 12.7 Å². The molecule has 0 amide bonds. The summed E-state index contributed by atoms with van der Waals surface area (Å²) in [6.07, 6.45) is 23.2. The number of quaternary nitrogens is 1. The summed E-state index contributed by atoms with van der Waals surface area (Å²) in [7, 11) is 0. The third kappa shape index (κ3) is 6.98. The molecule has 3 heteroatoms. The van der Waals surface area contributed by atoms with Gasteiger partial charge in [-0.15, -0.1) is 0 Å². The second-order valence-electron chi connectivity index (χ2n) is 7.25. The monoisotopic (exact) mass is 337 g/mol. The van der Waals surface area contributed by atoms with Crippen LogP contribution in [0.4, 0.5) is 0 Å². The third-order valence-electron chi connectivity index (χ3n) is 5.45. The lowest BCUT2D eigenvalue weighted by Gasteiger charge is -2.39. The molecular weight excluding hydrogens is 296 g/mol. The molecule has 0 aliphatic carbocycles. The van der Waals surface area contributed by atoms with Gasteiger partial charge in [-0.25, -0.2) is 0 Å². The van der Waals surface area contributed by atoms with Crippen LogP contribution in [0.25, 0.3) is 0 Å². The minimum absolute atomic E-state index is 0.336. The summed E-state index contributed by atoms with van der Waals surface area (Å²) in [4.78, 5) is 0. The average Bonchev–Trinajstić information content (AvgIpc) is 3.00. The predicted molar refractivity (Wildman–Crippen MR) is 104 cm³/mol. The van der Waals surface area contributed by atoms with Crippen molar-refractivity contribution in [2.24, 2.45) is 0 Å². The summed E-state index contributed by atoms with van der Waals surface area (Å²) in [5, 5.41) is 13.6. The number of hydrogen-bond acceptors (Lipinski definition) is 2. The van der Waals surface area contributed by atoms with Crippen LogP contribution in [0.5, 0.6) is 0 Å². The molecule has 0 spiro atoms. The quantitative estimate of drug-likeness (QED) is 0.252. The maximum atomic E-state index is 10.1. The molecular formula is C21H41N2O+. The van der Waals surface area contributed by atoms with E-state index < -0.39 is 0 Å². The van der Waals surface area contributed by atoms with Crippen molar-refractivity contribution < 1.29 is 9.59 Å². The molecule has 1 aliphatic rings. The molecule has 3 nitrogen and oxygen atoms in total. The van der Waals surface area contributed by atoms with Gasteiger partial charge in [0.2, 0.25) is 0 Å². The Balaban J connectivity index is 2.02. The van der Waals surface area contributed by atoms with E-state index >= 15 is 0 Å². The highest BCUT2D eigenvalue weighted by Crippen LogP contribution is 2.25. The van der Waals surface area contributed by atoms with Gasteiger partial charge in [0.1, 0.15) is 6.20 Å². The molecule has 140 valence electrons. The van der Waals surface area contributed by atoms with E-state index in [1.807, 2.05) is 13.1 Å². The van der Waals surface area contributed by atoms with Gasteiger partial charge in [0.25, 0.3) is 0 Å². The number of hydrogen-bond donors (Lipinski definition) is 2. The minimum atomic E-state index is -0.336. The summed E-state index contributed by atoms with van der Waals surface area (Å²) in [5.74, 6) is 0. The van der Waals surface area contributed by atoms with E-state index in [1.165, 1.54) is 64.2 Å². The molecule has 0 radical (unpaired) electrons. The first-order valence-electron chi connectivity index (χ1n) is 10.3. The molecule has 24 heavy (non-hydrogen) atoms. The van der Waals surface area contributed by atoms with E-state index in [9.17, 15) is 5.11 Å². The van der Waals surface area contributed by atoms with Crippen LogP contribution in [0, 0.1) is 0 Å². The summed E-state index contributed by atoms with van der Waals surface area (Å²) < 4.78 is 0.671. The van der Waals surface area contributed by atoms with Gasteiger partial charge < -0.3 is 10.4 Å². The van der Waals surface area contributed by atoms with Crippen molar-refractivity contribution in [3.05, 3.63) is 24.6 Å². The number of nitrogens with one attached hydrogen (secondary N) is 1. The highest BCUT2D eigenvalue weighted by Gasteiger charge is 2.40. The number of allylic oxidation sites excluding steroid dienone is 2. The van der Waals surface area contributed by atoms with Crippen LogP contribution in [0.1, 0.15) is 91.4 Å². The zero-order valence-electron chi connectivity index (χ0n) is 16.3. The van der Waals surface area contributed by atoms with Crippen molar-refractivity contribution in [2.45, 2.75) is 104 Å². The van der Waals surface area contributed by atoms with E-state index in [-0.39, 0.29) is 6.23 Å². The van der Waals surface area contributed by atoms with Crippen LogP contribution in [-0.2, 0) is 0 Å². The molecule has 2 N–H and O–H groups in total. The fourth-order valence-electron chi connectivity index (χ4n) is 3.70. The Labute approximate surface area is 150 Å². The van der Waals surface area contributed by atoms with Gasteiger partial charge in [-0.05, 0) is 32.6 Å².